The summed E-state index contributed by atoms with van der Waals surface area (Å²) in [5, 5.41) is 19.4. The van der Waals surface area contributed by atoms with Crippen molar-refractivity contribution in [3.63, 3.8) is 0 Å². The number of halogens is 1. The van der Waals surface area contributed by atoms with Crippen molar-refractivity contribution in [1.82, 2.24) is 14.5 Å². The summed E-state index contributed by atoms with van der Waals surface area (Å²) >= 11 is 5.95. The van der Waals surface area contributed by atoms with Crippen LogP contribution in [0, 0.1) is 22.7 Å². The molecule has 0 aliphatic heterocycles. The molecule has 1 unspecified atom stereocenters. The van der Waals surface area contributed by atoms with Crippen LogP contribution >= 0.6 is 11.6 Å². The van der Waals surface area contributed by atoms with Crippen LogP contribution in [0.5, 0.6) is 5.75 Å². The Hall–Kier alpha value is -3.31. The Morgan fingerprint density at radius 3 is 2.97 bits per heavy atom. The van der Waals surface area contributed by atoms with Crippen molar-refractivity contribution >= 4 is 34.4 Å². The van der Waals surface area contributed by atoms with Crippen molar-refractivity contribution in [3.05, 3.63) is 47.5 Å². The number of carboxylic acid groups (broad SMARTS) is 1. The number of fused-ring (bicyclic) bond motifs is 1. The summed E-state index contributed by atoms with van der Waals surface area (Å²) in [5.74, 6) is 0.568. The average molecular weight is 468 g/mol. The van der Waals surface area contributed by atoms with Crippen LogP contribution in [-0.2, 0) is 6.54 Å². The second-order valence-electron chi connectivity index (χ2n) is 9.03. The van der Waals surface area contributed by atoms with Crippen LogP contribution in [0.3, 0.4) is 0 Å². The number of amides is 1. The van der Waals surface area contributed by atoms with Gasteiger partial charge in [0, 0.05) is 19.2 Å². The maximum atomic E-state index is 12.1. The van der Waals surface area contributed by atoms with E-state index in [-0.39, 0.29) is 16.5 Å². The highest BCUT2D eigenvalue weighted by molar-refractivity contribution is 6.29. The summed E-state index contributed by atoms with van der Waals surface area (Å²) in [6, 6.07) is 9.24. The third-order valence-corrected chi connectivity index (χ3v) is 6.68. The van der Waals surface area contributed by atoms with Gasteiger partial charge < -0.3 is 14.4 Å². The average Bonchev–Trinajstić information content (AvgIpc) is 3.18. The lowest BCUT2D eigenvalue weighted by Crippen LogP contribution is -2.39. The Morgan fingerprint density at radius 2 is 2.24 bits per heavy atom. The van der Waals surface area contributed by atoms with Gasteiger partial charge in [-0.25, -0.2) is 14.8 Å². The summed E-state index contributed by atoms with van der Waals surface area (Å²) in [4.78, 5) is 22.0. The molecule has 0 bridgehead atoms. The molecule has 8 nitrogen and oxygen atoms in total. The Labute approximate surface area is 197 Å². The van der Waals surface area contributed by atoms with E-state index in [1.54, 1.807) is 6.07 Å². The van der Waals surface area contributed by atoms with Gasteiger partial charge in [0.15, 0.2) is 0 Å². The number of hydrogen-bond donors (Lipinski definition) is 1. The van der Waals surface area contributed by atoms with Crippen LogP contribution in [0.2, 0.25) is 5.15 Å². The first-order valence-corrected chi connectivity index (χ1v) is 11.2. The Kier molecular flexibility index (Phi) is 6.43. The molecule has 1 N–H and O–H groups in total. The van der Waals surface area contributed by atoms with Crippen LogP contribution < -0.4 is 9.64 Å². The first kappa shape index (κ1) is 22.9. The summed E-state index contributed by atoms with van der Waals surface area (Å²) in [5.41, 5.74) is 2.79. The van der Waals surface area contributed by atoms with Crippen LogP contribution in [0.4, 0.5) is 10.5 Å². The molecule has 3 aromatic rings. The maximum absolute atomic E-state index is 12.1. The third-order valence-electron chi connectivity index (χ3n) is 6.47. The Morgan fingerprint density at radius 1 is 1.42 bits per heavy atom. The van der Waals surface area contributed by atoms with E-state index in [9.17, 15) is 15.2 Å². The van der Waals surface area contributed by atoms with Gasteiger partial charge in [0.25, 0.3) is 0 Å². The lowest BCUT2D eigenvalue weighted by molar-refractivity contribution is 0.136. The molecule has 0 spiro atoms. The fourth-order valence-electron chi connectivity index (χ4n) is 4.99. The number of methoxy groups -OCH3 is 1. The first-order valence-electron chi connectivity index (χ1n) is 10.9. The lowest BCUT2D eigenvalue weighted by Gasteiger charge is -2.40. The van der Waals surface area contributed by atoms with Crippen molar-refractivity contribution < 1.29 is 14.6 Å². The standard InChI is InChI=1S/C24H26ClN5O3/c1-24(14-29-15-28-18-6-5-16(11-26)8-19(18)29)7-3-4-17(10-24)13-30(23(31)32)20-12-27-22(25)9-21(20)33-2/h5-6,8-9,12,15,17H,3-4,7,10,13-14H2,1-2H3,(H,31,32)/t17?,24-/m0/s1. The summed E-state index contributed by atoms with van der Waals surface area (Å²) in [6.07, 6.45) is 6.11. The molecule has 2 heterocycles. The number of nitriles is 1. The zero-order chi connectivity index (χ0) is 23.6. The van der Waals surface area contributed by atoms with Crippen LogP contribution in [0.15, 0.2) is 36.8 Å². The fraction of sp³-hybridized carbons (Fsp3) is 0.417. The number of nitrogens with zero attached hydrogens (tertiary/aromatic N) is 5. The van der Waals surface area contributed by atoms with Gasteiger partial charge in [0.05, 0.1) is 42.3 Å². The van der Waals surface area contributed by atoms with Gasteiger partial charge in [-0.15, -0.1) is 0 Å². The number of carbonyl (C=O) groups is 1. The van der Waals surface area contributed by atoms with Crippen molar-refractivity contribution in [3.8, 4) is 11.8 Å². The Bertz CT molecular complexity index is 1220. The molecule has 4 rings (SSSR count). The molecule has 9 heteroatoms. The molecule has 1 aliphatic carbocycles. The number of ether oxygens (including phenoxy) is 1. The van der Waals surface area contributed by atoms with E-state index in [0.29, 0.717) is 23.5 Å². The van der Waals surface area contributed by atoms with E-state index in [0.717, 1.165) is 43.3 Å². The van der Waals surface area contributed by atoms with Crippen LogP contribution in [0.25, 0.3) is 11.0 Å². The van der Waals surface area contributed by atoms with Gasteiger partial charge in [0.1, 0.15) is 16.6 Å². The van der Waals surface area contributed by atoms with Crippen LogP contribution in [0.1, 0.15) is 38.2 Å². The van der Waals surface area contributed by atoms with E-state index in [1.807, 2.05) is 18.5 Å². The lowest BCUT2D eigenvalue weighted by atomic mass is 9.70. The second-order valence-corrected chi connectivity index (χ2v) is 9.42. The van der Waals surface area contributed by atoms with E-state index >= 15 is 0 Å². The highest BCUT2D eigenvalue weighted by Gasteiger charge is 2.35. The van der Waals surface area contributed by atoms with E-state index < -0.39 is 6.09 Å². The minimum Gasteiger partial charge on any atom is -0.494 e. The third kappa shape index (κ3) is 4.88. The molecule has 1 fully saturated rings. The molecule has 2 aromatic heterocycles. The molecule has 1 amide bonds. The molecule has 2 atom stereocenters. The molecule has 33 heavy (non-hydrogen) atoms. The molecular weight excluding hydrogens is 442 g/mol. The molecule has 1 aromatic carbocycles. The fourth-order valence-corrected chi connectivity index (χ4v) is 5.14. The highest BCUT2D eigenvalue weighted by Crippen LogP contribution is 2.42. The number of anilines is 1. The number of rotatable bonds is 6. The minimum absolute atomic E-state index is 0.0221. The molecule has 1 aliphatic rings. The van der Waals surface area contributed by atoms with Crippen molar-refractivity contribution in [2.24, 2.45) is 11.3 Å². The predicted molar refractivity (Wildman–Crippen MR) is 126 cm³/mol. The van der Waals surface area contributed by atoms with Gasteiger partial charge in [-0.05, 0) is 48.8 Å². The first-order chi connectivity index (χ1) is 15.8. The quantitative estimate of drug-likeness (QED) is 0.490. The van der Waals surface area contributed by atoms with Gasteiger partial charge in [-0.1, -0.05) is 24.9 Å². The van der Waals surface area contributed by atoms with Crippen molar-refractivity contribution in [2.75, 3.05) is 18.6 Å². The predicted octanol–water partition coefficient (Wildman–Crippen LogP) is 5.35. The molecule has 172 valence electrons. The van der Waals surface area contributed by atoms with Gasteiger partial charge >= 0.3 is 6.09 Å². The number of pyridine rings is 1. The van der Waals surface area contributed by atoms with Crippen molar-refractivity contribution in [1.29, 1.82) is 5.26 Å². The zero-order valence-electron chi connectivity index (χ0n) is 18.7. The molecular formula is C24H26ClN5O3. The topological polar surface area (TPSA) is 104 Å². The zero-order valence-corrected chi connectivity index (χ0v) is 19.4. The molecule has 0 radical (unpaired) electrons. The van der Waals surface area contributed by atoms with Gasteiger partial charge in [-0.3, -0.25) is 4.90 Å². The van der Waals surface area contributed by atoms with Crippen LogP contribution in [-0.4, -0.2) is 39.4 Å². The second kappa shape index (κ2) is 9.28. The Balaban J connectivity index is 1.54. The van der Waals surface area contributed by atoms with Gasteiger partial charge in [0.2, 0.25) is 0 Å². The summed E-state index contributed by atoms with van der Waals surface area (Å²) in [7, 11) is 1.49. The number of imidazole rings is 1. The van der Waals surface area contributed by atoms with E-state index in [2.05, 4.69) is 27.5 Å². The van der Waals surface area contributed by atoms with E-state index in [4.69, 9.17) is 16.3 Å². The van der Waals surface area contributed by atoms with E-state index in [1.165, 1.54) is 24.3 Å². The number of benzene rings is 1. The smallest absolute Gasteiger partial charge is 0.411 e. The molecule has 0 saturated heterocycles. The largest absolute Gasteiger partial charge is 0.494 e. The molecule has 1 saturated carbocycles. The summed E-state index contributed by atoms with van der Waals surface area (Å²) in [6.45, 7) is 3.36. The normalized spacial score (nSPS) is 20.4. The van der Waals surface area contributed by atoms with Crippen molar-refractivity contribution in [2.45, 2.75) is 39.2 Å². The monoisotopic (exact) mass is 467 g/mol. The minimum atomic E-state index is -1.05. The van der Waals surface area contributed by atoms with Gasteiger partial charge in [-0.2, -0.15) is 5.26 Å². The number of hydrogen-bond acceptors (Lipinski definition) is 5. The highest BCUT2D eigenvalue weighted by atomic mass is 35.5. The SMILES string of the molecule is COc1cc(Cl)ncc1N(CC1CCC[C@](C)(Cn2cnc3ccc(C#N)cc32)C1)C(=O)O. The number of aromatic nitrogens is 3. The summed E-state index contributed by atoms with van der Waals surface area (Å²) < 4.78 is 7.47. The maximum Gasteiger partial charge on any atom is 0.411 e.